The molecule has 4 nitrogen and oxygen atoms in total. The predicted octanol–water partition coefficient (Wildman–Crippen LogP) is 1.36. The Morgan fingerprint density at radius 2 is 2.18 bits per heavy atom. The van der Waals surface area contributed by atoms with Gasteiger partial charge in [0.15, 0.2) is 9.84 Å². The zero-order valence-corrected chi connectivity index (χ0v) is 11.5. The molecule has 0 saturated carbocycles. The molecule has 1 amide bonds. The van der Waals surface area contributed by atoms with Crippen molar-refractivity contribution in [1.29, 1.82) is 0 Å². The quantitative estimate of drug-likeness (QED) is 0.885. The fourth-order valence-electron chi connectivity index (χ4n) is 2.00. The Morgan fingerprint density at radius 3 is 2.65 bits per heavy atom. The van der Waals surface area contributed by atoms with Crippen molar-refractivity contribution in [3.05, 3.63) is 21.9 Å². The van der Waals surface area contributed by atoms with Gasteiger partial charge in [-0.15, -0.1) is 11.3 Å². The second kappa shape index (κ2) is 4.10. The van der Waals surface area contributed by atoms with Gasteiger partial charge in [0.2, 0.25) is 0 Å². The monoisotopic (exact) mass is 273 g/mol. The molecule has 2 heterocycles. The molecule has 2 rings (SSSR count). The average molecular weight is 273 g/mol. The number of hydrogen-bond donors (Lipinski definition) is 1. The first-order chi connectivity index (χ1) is 7.80. The summed E-state index contributed by atoms with van der Waals surface area (Å²) in [6, 6.07) is 3.65. The molecule has 0 spiro atoms. The molecule has 17 heavy (non-hydrogen) atoms. The molecule has 0 radical (unpaired) electrons. The van der Waals surface area contributed by atoms with Crippen LogP contribution in [-0.2, 0) is 9.84 Å². The Hall–Kier alpha value is -0.880. The normalized spacial score (nSPS) is 26.9. The van der Waals surface area contributed by atoms with Gasteiger partial charge in [-0.3, -0.25) is 4.79 Å². The third kappa shape index (κ3) is 2.87. The zero-order chi connectivity index (χ0) is 12.7. The number of aryl methyl sites for hydroxylation is 1. The molecule has 1 fully saturated rings. The number of nitrogens with one attached hydrogen (secondary N) is 1. The van der Waals surface area contributed by atoms with E-state index in [4.69, 9.17) is 0 Å². The highest BCUT2D eigenvalue weighted by Gasteiger charge is 2.39. The molecule has 1 aromatic rings. The van der Waals surface area contributed by atoms with Crippen LogP contribution in [0.2, 0.25) is 0 Å². The Bertz CT molecular complexity index is 547. The van der Waals surface area contributed by atoms with Crippen LogP contribution in [0.5, 0.6) is 0 Å². The van der Waals surface area contributed by atoms with Gasteiger partial charge in [-0.05, 0) is 32.4 Å². The van der Waals surface area contributed by atoms with Crippen LogP contribution in [0.15, 0.2) is 12.1 Å². The average Bonchev–Trinajstić information content (AvgIpc) is 2.71. The van der Waals surface area contributed by atoms with E-state index in [0.29, 0.717) is 11.3 Å². The highest BCUT2D eigenvalue weighted by Crippen LogP contribution is 2.24. The number of rotatable bonds is 2. The van der Waals surface area contributed by atoms with Crippen LogP contribution < -0.4 is 5.32 Å². The van der Waals surface area contributed by atoms with Gasteiger partial charge in [-0.2, -0.15) is 0 Å². The summed E-state index contributed by atoms with van der Waals surface area (Å²) in [6.07, 6.45) is 0.491. The minimum atomic E-state index is -2.99. The lowest BCUT2D eigenvalue weighted by Gasteiger charge is -2.23. The van der Waals surface area contributed by atoms with E-state index in [9.17, 15) is 13.2 Å². The smallest absolute Gasteiger partial charge is 0.261 e. The first kappa shape index (κ1) is 12.6. The number of hydrogen-bond acceptors (Lipinski definition) is 4. The van der Waals surface area contributed by atoms with Crippen molar-refractivity contribution in [2.45, 2.75) is 25.8 Å². The van der Waals surface area contributed by atoms with Crippen LogP contribution >= 0.6 is 11.3 Å². The first-order valence-electron chi connectivity index (χ1n) is 5.39. The Kier molecular flexibility index (Phi) is 3.03. The zero-order valence-electron chi connectivity index (χ0n) is 9.82. The van der Waals surface area contributed by atoms with Gasteiger partial charge >= 0.3 is 0 Å². The molecule has 1 aliphatic heterocycles. The van der Waals surface area contributed by atoms with Gasteiger partial charge in [0.1, 0.15) is 0 Å². The van der Waals surface area contributed by atoms with Gasteiger partial charge in [-0.1, -0.05) is 0 Å². The highest BCUT2D eigenvalue weighted by molar-refractivity contribution is 7.91. The fourth-order valence-corrected chi connectivity index (χ4v) is 4.86. The highest BCUT2D eigenvalue weighted by atomic mass is 32.2. The van der Waals surface area contributed by atoms with Crippen LogP contribution in [-0.4, -0.2) is 31.4 Å². The Labute approximate surface area is 105 Å². The molecule has 6 heteroatoms. The van der Waals surface area contributed by atoms with Crippen molar-refractivity contribution >= 4 is 27.1 Å². The molecular weight excluding hydrogens is 258 g/mol. The van der Waals surface area contributed by atoms with E-state index in [2.05, 4.69) is 5.32 Å². The summed E-state index contributed by atoms with van der Waals surface area (Å²) in [4.78, 5) is 13.6. The largest absolute Gasteiger partial charge is 0.345 e. The van der Waals surface area contributed by atoms with Gasteiger partial charge < -0.3 is 5.32 Å². The number of carbonyl (C=O) groups excluding carboxylic acids is 1. The minimum Gasteiger partial charge on any atom is -0.345 e. The van der Waals surface area contributed by atoms with Gasteiger partial charge in [0, 0.05) is 4.88 Å². The van der Waals surface area contributed by atoms with Crippen molar-refractivity contribution in [2.24, 2.45) is 0 Å². The SMILES string of the molecule is Cc1ccc(C(=O)NC2(C)CCS(=O)(=O)C2)s1. The van der Waals surface area contributed by atoms with Crippen LogP contribution in [0.3, 0.4) is 0 Å². The van der Waals surface area contributed by atoms with Crippen molar-refractivity contribution in [3.8, 4) is 0 Å². The topological polar surface area (TPSA) is 63.2 Å². The van der Waals surface area contributed by atoms with E-state index >= 15 is 0 Å². The number of sulfone groups is 1. The standard InChI is InChI=1S/C11H15NO3S2/c1-8-3-4-9(16-8)10(13)12-11(2)5-6-17(14,15)7-11/h3-4H,5-7H2,1-2H3,(H,12,13). The molecule has 1 aromatic heterocycles. The minimum absolute atomic E-state index is 0.0378. The van der Waals surface area contributed by atoms with E-state index in [1.54, 1.807) is 13.0 Å². The van der Waals surface area contributed by atoms with E-state index in [1.165, 1.54) is 11.3 Å². The van der Waals surface area contributed by atoms with Gasteiger partial charge in [-0.25, -0.2) is 8.42 Å². The van der Waals surface area contributed by atoms with E-state index < -0.39 is 15.4 Å². The molecule has 0 aromatic carbocycles. The van der Waals surface area contributed by atoms with Crippen molar-refractivity contribution in [2.75, 3.05) is 11.5 Å². The molecule has 94 valence electrons. The molecule has 1 atom stereocenters. The Balaban J connectivity index is 2.10. The van der Waals surface area contributed by atoms with Crippen LogP contribution in [0.25, 0.3) is 0 Å². The Morgan fingerprint density at radius 1 is 1.47 bits per heavy atom. The second-order valence-electron chi connectivity index (χ2n) is 4.77. The summed E-state index contributed by atoms with van der Waals surface area (Å²) in [5.41, 5.74) is -0.617. The summed E-state index contributed by atoms with van der Waals surface area (Å²) in [6.45, 7) is 3.72. The predicted molar refractivity (Wildman–Crippen MR) is 68.2 cm³/mol. The molecule has 0 bridgehead atoms. The summed E-state index contributed by atoms with van der Waals surface area (Å²) in [7, 11) is -2.99. The molecule has 1 N–H and O–H groups in total. The van der Waals surface area contributed by atoms with Crippen LogP contribution in [0.1, 0.15) is 27.9 Å². The van der Waals surface area contributed by atoms with Crippen molar-refractivity contribution < 1.29 is 13.2 Å². The summed E-state index contributed by atoms with van der Waals surface area (Å²) >= 11 is 1.42. The number of carbonyl (C=O) groups is 1. The molecular formula is C11H15NO3S2. The van der Waals surface area contributed by atoms with Crippen molar-refractivity contribution in [3.63, 3.8) is 0 Å². The fraction of sp³-hybridized carbons (Fsp3) is 0.545. The van der Waals surface area contributed by atoms with E-state index in [1.807, 2.05) is 13.0 Å². The summed E-state index contributed by atoms with van der Waals surface area (Å²) < 4.78 is 22.8. The third-order valence-electron chi connectivity index (χ3n) is 2.88. The molecule has 0 aliphatic carbocycles. The molecule has 1 unspecified atom stereocenters. The van der Waals surface area contributed by atoms with Crippen LogP contribution in [0, 0.1) is 6.92 Å². The molecule has 1 aliphatic rings. The van der Waals surface area contributed by atoms with Gasteiger partial charge in [0.25, 0.3) is 5.91 Å². The van der Waals surface area contributed by atoms with Crippen molar-refractivity contribution in [1.82, 2.24) is 5.32 Å². The number of thiophene rings is 1. The second-order valence-corrected chi connectivity index (χ2v) is 8.24. The maximum Gasteiger partial charge on any atom is 0.261 e. The summed E-state index contributed by atoms with van der Waals surface area (Å²) in [5.74, 6) is 0.0197. The molecule has 1 saturated heterocycles. The maximum atomic E-state index is 11.9. The van der Waals surface area contributed by atoms with Gasteiger partial charge in [0.05, 0.1) is 21.9 Å². The third-order valence-corrected chi connectivity index (χ3v) is 5.79. The maximum absolute atomic E-state index is 11.9. The lowest BCUT2D eigenvalue weighted by molar-refractivity contribution is 0.0919. The first-order valence-corrected chi connectivity index (χ1v) is 8.03. The lowest BCUT2D eigenvalue weighted by atomic mass is 10.0. The van der Waals surface area contributed by atoms with Crippen LogP contribution in [0.4, 0.5) is 0 Å². The lowest BCUT2D eigenvalue weighted by Crippen LogP contribution is -2.46. The van der Waals surface area contributed by atoms with E-state index in [0.717, 1.165) is 4.88 Å². The van der Waals surface area contributed by atoms with E-state index in [-0.39, 0.29) is 17.4 Å². The number of amides is 1. The summed E-state index contributed by atoms with van der Waals surface area (Å²) in [5, 5.41) is 2.83.